The van der Waals surface area contributed by atoms with Crippen LogP contribution in [0, 0.1) is 23.7 Å². The third-order valence-corrected chi connectivity index (χ3v) is 5.27. The van der Waals surface area contributed by atoms with Crippen LogP contribution in [-0.4, -0.2) is 35.2 Å². The number of hydrogen-bond acceptors (Lipinski definition) is 2. The molecule has 1 aliphatic heterocycles. The predicted octanol–water partition coefficient (Wildman–Crippen LogP) is 3.15. The van der Waals surface area contributed by atoms with E-state index in [1.165, 1.54) is 25.8 Å². The molecule has 2 rings (SSSR count). The molecule has 2 fully saturated rings. The minimum Gasteiger partial charge on any atom is -0.393 e. The highest BCUT2D eigenvalue weighted by molar-refractivity contribution is 4.89. The number of likely N-dealkylation sites (tertiary alicyclic amines) is 1. The molecule has 5 unspecified atom stereocenters. The fourth-order valence-corrected chi connectivity index (χ4v) is 4.28. The Balaban J connectivity index is 1.95. The monoisotopic (exact) mass is 253 g/mol. The van der Waals surface area contributed by atoms with Crippen LogP contribution in [0.4, 0.5) is 0 Å². The maximum absolute atomic E-state index is 10.4. The van der Waals surface area contributed by atoms with Crippen molar-refractivity contribution in [3.8, 4) is 0 Å². The molecule has 5 atom stereocenters. The van der Waals surface area contributed by atoms with Crippen LogP contribution >= 0.6 is 0 Å². The zero-order valence-corrected chi connectivity index (χ0v) is 12.6. The molecule has 0 aromatic rings. The molecule has 2 aliphatic rings. The summed E-state index contributed by atoms with van der Waals surface area (Å²) in [6, 6.07) is 0.753. The largest absolute Gasteiger partial charge is 0.393 e. The summed E-state index contributed by atoms with van der Waals surface area (Å²) >= 11 is 0. The Morgan fingerprint density at radius 1 is 1.22 bits per heavy atom. The molecule has 0 amide bonds. The molecule has 18 heavy (non-hydrogen) atoms. The molecule has 0 aromatic carbocycles. The van der Waals surface area contributed by atoms with Crippen molar-refractivity contribution in [1.82, 2.24) is 4.90 Å². The van der Waals surface area contributed by atoms with Gasteiger partial charge in [0, 0.05) is 18.5 Å². The van der Waals surface area contributed by atoms with E-state index in [0.29, 0.717) is 17.8 Å². The molecular formula is C16H31NO. The predicted molar refractivity (Wildman–Crippen MR) is 76.5 cm³/mol. The van der Waals surface area contributed by atoms with Crippen molar-refractivity contribution in [2.75, 3.05) is 13.1 Å². The first-order chi connectivity index (χ1) is 8.49. The smallest absolute Gasteiger partial charge is 0.0585 e. The van der Waals surface area contributed by atoms with E-state index in [1.54, 1.807) is 0 Å². The number of aliphatic hydroxyl groups excluding tert-OH is 1. The van der Waals surface area contributed by atoms with Crippen LogP contribution < -0.4 is 0 Å². The van der Waals surface area contributed by atoms with E-state index in [1.807, 2.05) is 0 Å². The number of rotatable bonds is 3. The van der Waals surface area contributed by atoms with Gasteiger partial charge in [0.05, 0.1) is 6.10 Å². The number of aliphatic hydroxyl groups is 1. The summed E-state index contributed by atoms with van der Waals surface area (Å²) in [5.41, 5.74) is 0. The fraction of sp³-hybridized carbons (Fsp3) is 1.00. The first-order valence-corrected chi connectivity index (χ1v) is 7.91. The lowest BCUT2D eigenvalue weighted by Crippen LogP contribution is -2.45. The SMILES string of the molecule is CC1CC(C)C(CN2CCCC2C(C)C)C(O)C1. The van der Waals surface area contributed by atoms with Crippen LogP contribution in [-0.2, 0) is 0 Å². The normalized spacial score (nSPS) is 42.7. The van der Waals surface area contributed by atoms with E-state index in [2.05, 4.69) is 32.6 Å². The van der Waals surface area contributed by atoms with Crippen LogP contribution in [0.2, 0.25) is 0 Å². The van der Waals surface area contributed by atoms with Crippen molar-refractivity contribution in [2.45, 2.75) is 65.5 Å². The van der Waals surface area contributed by atoms with Crippen LogP contribution in [0.5, 0.6) is 0 Å². The van der Waals surface area contributed by atoms with Gasteiger partial charge >= 0.3 is 0 Å². The van der Waals surface area contributed by atoms with Gasteiger partial charge in [0.2, 0.25) is 0 Å². The summed E-state index contributed by atoms with van der Waals surface area (Å²) in [6.45, 7) is 11.7. The van der Waals surface area contributed by atoms with Gasteiger partial charge in [-0.1, -0.05) is 27.7 Å². The quantitative estimate of drug-likeness (QED) is 0.835. The molecule has 1 aliphatic carbocycles. The van der Waals surface area contributed by atoms with Crippen LogP contribution in [0.25, 0.3) is 0 Å². The van der Waals surface area contributed by atoms with Crippen molar-refractivity contribution in [1.29, 1.82) is 0 Å². The average molecular weight is 253 g/mol. The second kappa shape index (κ2) is 5.92. The molecule has 0 spiro atoms. The van der Waals surface area contributed by atoms with Crippen LogP contribution in [0.1, 0.15) is 53.4 Å². The summed E-state index contributed by atoms with van der Waals surface area (Å²) < 4.78 is 0. The maximum atomic E-state index is 10.4. The Hall–Kier alpha value is -0.0800. The summed E-state index contributed by atoms with van der Waals surface area (Å²) in [5.74, 6) is 2.63. The van der Waals surface area contributed by atoms with Gasteiger partial charge in [0.1, 0.15) is 0 Å². The van der Waals surface area contributed by atoms with Crippen molar-refractivity contribution in [3.63, 3.8) is 0 Å². The van der Waals surface area contributed by atoms with Gasteiger partial charge in [-0.25, -0.2) is 0 Å². The molecule has 1 N–H and O–H groups in total. The molecule has 0 bridgehead atoms. The lowest BCUT2D eigenvalue weighted by Gasteiger charge is -2.40. The van der Waals surface area contributed by atoms with Gasteiger partial charge in [-0.05, 0) is 50.0 Å². The lowest BCUT2D eigenvalue weighted by atomic mass is 9.73. The Bertz CT molecular complexity index is 254. The van der Waals surface area contributed by atoms with Gasteiger partial charge < -0.3 is 5.11 Å². The van der Waals surface area contributed by atoms with Crippen molar-refractivity contribution < 1.29 is 5.11 Å². The van der Waals surface area contributed by atoms with Crippen molar-refractivity contribution in [2.24, 2.45) is 23.7 Å². The van der Waals surface area contributed by atoms with E-state index in [4.69, 9.17) is 0 Å². The molecule has 0 radical (unpaired) electrons. The van der Waals surface area contributed by atoms with E-state index in [-0.39, 0.29) is 6.10 Å². The second-order valence-electron chi connectivity index (χ2n) is 7.23. The van der Waals surface area contributed by atoms with Crippen molar-refractivity contribution in [3.05, 3.63) is 0 Å². The molecule has 1 heterocycles. The van der Waals surface area contributed by atoms with Gasteiger partial charge in [-0.2, -0.15) is 0 Å². The van der Waals surface area contributed by atoms with Gasteiger partial charge in [0.25, 0.3) is 0 Å². The Kier molecular flexibility index (Phi) is 4.71. The number of hydrogen-bond donors (Lipinski definition) is 1. The standard InChI is InChI=1S/C16H31NO/c1-11(2)15-6-5-7-17(15)10-14-13(4)8-12(3)9-16(14)18/h11-16,18H,5-10H2,1-4H3. The summed E-state index contributed by atoms with van der Waals surface area (Å²) in [6.07, 6.45) is 4.93. The van der Waals surface area contributed by atoms with Crippen LogP contribution in [0.15, 0.2) is 0 Å². The van der Waals surface area contributed by atoms with E-state index in [0.717, 1.165) is 24.9 Å². The highest BCUT2D eigenvalue weighted by atomic mass is 16.3. The maximum Gasteiger partial charge on any atom is 0.0585 e. The lowest BCUT2D eigenvalue weighted by molar-refractivity contribution is -0.00662. The zero-order chi connectivity index (χ0) is 13.3. The zero-order valence-electron chi connectivity index (χ0n) is 12.6. The highest BCUT2D eigenvalue weighted by Crippen LogP contribution is 2.36. The Labute approximate surface area is 113 Å². The van der Waals surface area contributed by atoms with Gasteiger partial charge in [-0.3, -0.25) is 4.90 Å². The first-order valence-electron chi connectivity index (χ1n) is 7.91. The van der Waals surface area contributed by atoms with Gasteiger partial charge in [-0.15, -0.1) is 0 Å². The van der Waals surface area contributed by atoms with Crippen LogP contribution in [0.3, 0.4) is 0 Å². The second-order valence-corrected chi connectivity index (χ2v) is 7.23. The van der Waals surface area contributed by atoms with E-state index in [9.17, 15) is 5.11 Å². The molecule has 2 heteroatoms. The fourth-order valence-electron chi connectivity index (χ4n) is 4.28. The molecule has 2 nitrogen and oxygen atoms in total. The topological polar surface area (TPSA) is 23.5 Å². The highest BCUT2D eigenvalue weighted by Gasteiger charge is 2.36. The Morgan fingerprint density at radius 3 is 2.56 bits per heavy atom. The summed E-state index contributed by atoms with van der Waals surface area (Å²) in [7, 11) is 0. The minimum atomic E-state index is -0.0721. The molecular weight excluding hydrogens is 222 g/mol. The molecule has 1 saturated heterocycles. The summed E-state index contributed by atoms with van der Waals surface area (Å²) in [5, 5.41) is 10.4. The van der Waals surface area contributed by atoms with E-state index >= 15 is 0 Å². The molecule has 1 saturated carbocycles. The van der Waals surface area contributed by atoms with Crippen molar-refractivity contribution >= 4 is 0 Å². The minimum absolute atomic E-state index is 0.0721. The first kappa shape index (κ1) is 14.3. The number of nitrogens with zero attached hydrogens (tertiary/aromatic N) is 1. The molecule has 0 aromatic heterocycles. The summed E-state index contributed by atoms with van der Waals surface area (Å²) in [4.78, 5) is 2.66. The third-order valence-electron chi connectivity index (χ3n) is 5.27. The third kappa shape index (κ3) is 3.08. The van der Waals surface area contributed by atoms with E-state index < -0.39 is 0 Å². The van der Waals surface area contributed by atoms with Gasteiger partial charge in [0.15, 0.2) is 0 Å². The average Bonchev–Trinajstić information content (AvgIpc) is 2.71. The molecule has 106 valence electrons. The Morgan fingerprint density at radius 2 is 1.94 bits per heavy atom.